The molecule has 0 radical (unpaired) electrons. The van der Waals surface area contributed by atoms with Crippen molar-refractivity contribution < 1.29 is 28.7 Å². The average molecular weight is 435 g/mol. The Morgan fingerprint density at radius 1 is 1.17 bits per heavy atom. The van der Waals surface area contributed by atoms with E-state index in [1.165, 1.54) is 20.3 Å². The Balaban J connectivity index is 2.35. The fourth-order valence-electron chi connectivity index (χ4n) is 2.42. The number of rotatable bonds is 11. The number of nitro groups is 1. The van der Waals surface area contributed by atoms with Crippen LogP contribution in [0.3, 0.4) is 0 Å². The third-order valence-corrected chi connectivity index (χ3v) is 4.87. The van der Waals surface area contributed by atoms with Crippen molar-refractivity contribution in [2.75, 3.05) is 38.5 Å². The molecule has 0 fully saturated rings. The Hall–Kier alpha value is -3.31. The Kier molecular flexibility index (Phi) is 8.44. The van der Waals surface area contributed by atoms with Crippen molar-refractivity contribution >= 4 is 35.0 Å². The first kappa shape index (κ1) is 23.0. The molecule has 0 saturated carbocycles. The number of nitrogens with zero attached hydrogens (tertiary/aromatic N) is 1. The Morgan fingerprint density at radius 3 is 2.53 bits per heavy atom. The summed E-state index contributed by atoms with van der Waals surface area (Å²) in [5.41, 5.74) is 4.92. The molecule has 2 aromatic carbocycles. The molecule has 11 heteroatoms. The standard InChI is InChI=1S/C19H21N3O7S/c1-27-7-8-29-16-10-14(22(25)26)12(9-15(16)28-2)19(24)21-13-5-3-4-6-17(13)30-11-18(20)23/h3-6,9-10H,7-8,11H2,1-2H3,(H2,20,23)(H,21,24). The van der Waals surface area contributed by atoms with Crippen LogP contribution in [0.4, 0.5) is 11.4 Å². The monoisotopic (exact) mass is 435 g/mol. The molecule has 2 amide bonds. The third-order valence-electron chi connectivity index (χ3n) is 3.77. The van der Waals surface area contributed by atoms with Crippen LogP contribution in [0, 0.1) is 10.1 Å². The zero-order chi connectivity index (χ0) is 22.1. The van der Waals surface area contributed by atoms with Crippen molar-refractivity contribution in [3.8, 4) is 11.5 Å². The number of amides is 2. The van der Waals surface area contributed by atoms with E-state index in [-0.39, 0.29) is 36.0 Å². The van der Waals surface area contributed by atoms with Crippen molar-refractivity contribution in [1.82, 2.24) is 0 Å². The molecule has 0 atom stereocenters. The van der Waals surface area contributed by atoms with Gasteiger partial charge in [-0.3, -0.25) is 19.7 Å². The molecule has 0 aromatic heterocycles. The third kappa shape index (κ3) is 6.09. The Morgan fingerprint density at radius 2 is 1.90 bits per heavy atom. The summed E-state index contributed by atoms with van der Waals surface area (Å²) in [7, 11) is 2.86. The van der Waals surface area contributed by atoms with E-state index in [1.807, 2.05) is 0 Å². The van der Waals surface area contributed by atoms with Crippen LogP contribution in [0.25, 0.3) is 0 Å². The quantitative estimate of drug-likeness (QED) is 0.237. The van der Waals surface area contributed by atoms with Gasteiger partial charge >= 0.3 is 0 Å². The molecule has 10 nitrogen and oxygen atoms in total. The van der Waals surface area contributed by atoms with Gasteiger partial charge in [0.2, 0.25) is 5.91 Å². The molecule has 30 heavy (non-hydrogen) atoms. The van der Waals surface area contributed by atoms with Crippen LogP contribution in [0.2, 0.25) is 0 Å². The molecule has 2 aromatic rings. The summed E-state index contributed by atoms with van der Waals surface area (Å²) < 4.78 is 15.6. The lowest BCUT2D eigenvalue weighted by Gasteiger charge is -2.14. The van der Waals surface area contributed by atoms with E-state index >= 15 is 0 Å². The molecule has 0 heterocycles. The first-order valence-corrected chi connectivity index (χ1v) is 9.65. The Bertz CT molecular complexity index is 936. The molecule has 0 bridgehead atoms. The number of anilines is 1. The fraction of sp³-hybridized carbons (Fsp3) is 0.263. The van der Waals surface area contributed by atoms with E-state index in [4.69, 9.17) is 19.9 Å². The molecule has 0 spiro atoms. The highest BCUT2D eigenvalue weighted by Crippen LogP contribution is 2.36. The van der Waals surface area contributed by atoms with Crippen molar-refractivity contribution in [2.45, 2.75) is 4.90 Å². The van der Waals surface area contributed by atoms with Crippen LogP contribution < -0.4 is 20.5 Å². The molecule has 3 N–H and O–H groups in total. The summed E-state index contributed by atoms with van der Waals surface area (Å²) in [6.07, 6.45) is 0. The second-order valence-electron chi connectivity index (χ2n) is 5.82. The van der Waals surface area contributed by atoms with Gasteiger partial charge in [-0.05, 0) is 12.1 Å². The second kappa shape index (κ2) is 11.0. The van der Waals surface area contributed by atoms with Gasteiger partial charge in [0.05, 0.1) is 36.1 Å². The van der Waals surface area contributed by atoms with Gasteiger partial charge in [0.25, 0.3) is 11.6 Å². The number of thioether (sulfide) groups is 1. The Labute approximate surface area is 176 Å². The van der Waals surface area contributed by atoms with Crippen LogP contribution in [0.15, 0.2) is 41.3 Å². The van der Waals surface area contributed by atoms with Crippen LogP contribution >= 0.6 is 11.8 Å². The maximum absolute atomic E-state index is 12.8. The summed E-state index contributed by atoms with van der Waals surface area (Å²) in [5, 5.41) is 14.2. The van der Waals surface area contributed by atoms with Gasteiger partial charge in [-0.25, -0.2) is 0 Å². The van der Waals surface area contributed by atoms with Crippen molar-refractivity contribution in [3.63, 3.8) is 0 Å². The summed E-state index contributed by atoms with van der Waals surface area (Å²) in [5.74, 6) is -0.913. The molecule has 0 aliphatic carbocycles. The van der Waals surface area contributed by atoms with Gasteiger partial charge in [-0.2, -0.15) is 0 Å². The molecular weight excluding hydrogens is 414 g/mol. The number of ether oxygens (including phenoxy) is 3. The minimum atomic E-state index is -0.712. The van der Waals surface area contributed by atoms with E-state index in [9.17, 15) is 19.7 Å². The van der Waals surface area contributed by atoms with E-state index in [1.54, 1.807) is 24.3 Å². The minimum Gasteiger partial charge on any atom is -0.493 e. The lowest BCUT2D eigenvalue weighted by atomic mass is 10.1. The summed E-state index contributed by atoms with van der Waals surface area (Å²) >= 11 is 1.14. The zero-order valence-corrected chi connectivity index (χ0v) is 17.2. The predicted octanol–water partition coefficient (Wildman–Crippen LogP) is 2.46. The number of benzene rings is 2. The minimum absolute atomic E-state index is 0.0222. The fourth-order valence-corrected chi connectivity index (χ4v) is 3.17. The number of primary amides is 1. The summed E-state index contributed by atoms with van der Waals surface area (Å²) in [4.78, 5) is 35.4. The van der Waals surface area contributed by atoms with Gasteiger partial charge in [-0.15, -0.1) is 11.8 Å². The number of para-hydroxylation sites is 1. The molecule has 0 saturated heterocycles. The number of methoxy groups -OCH3 is 2. The van der Waals surface area contributed by atoms with Crippen molar-refractivity contribution in [3.05, 3.63) is 52.1 Å². The number of hydrogen-bond acceptors (Lipinski definition) is 8. The number of carbonyl (C=O) groups excluding carboxylic acids is 2. The summed E-state index contributed by atoms with van der Waals surface area (Å²) in [6, 6.07) is 9.12. The average Bonchev–Trinajstić information content (AvgIpc) is 2.72. The zero-order valence-electron chi connectivity index (χ0n) is 16.4. The highest BCUT2D eigenvalue weighted by atomic mass is 32.2. The van der Waals surface area contributed by atoms with Crippen LogP contribution in [0.5, 0.6) is 11.5 Å². The lowest BCUT2D eigenvalue weighted by Crippen LogP contribution is -2.16. The first-order chi connectivity index (χ1) is 14.4. The molecule has 160 valence electrons. The number of nitro benzene ring substituents is 1. The van der Waals surface area contributed by atoms with E-state index < -0.39 is 22.4 Å². The molecule has 2 rings (SSSR count). The van der Waals surface area contributed by atoms with E-state index in [0.717, 1.165) is 17.8 Å². The maximum atomic E-state index is 12.8. The van der Waals surface area contributed by atoms with Crippen molar-refractivity contribution in [2.24, 2.45) is 5.73 Å². The molecule has 0 aliphatic rings. The second-order valence-corrected chi connectivity index (χ2v) is 6.84. The number of nitrogens with one attached hydrogen (secondary N) is 1. The largest absolute Gasteiger partial charge is 0.493 e. The lowest BCUT2D eigenvalue weighted by molar-refractivity contribution is -0.385. The van der Waals surface area contributed by atoms with Crippen LogP contribution in [-0.4, -0.2) is 49.9 Å². The van der Waals surface area contributed by atoms with E-state index in [2.05, 4.69) is 5.32 Å². The number of carbonyl (C=O) groups is 2. The first-order valence-electron chi connectivity index (χ1n) is 8.67. The topological polar surface area (TPSA) is 143 Å². The molecule has 0 unspecified atom stereocenters. The van der Waals surface area contributed by atoms with Gasteiger partial charge in [0.1, 0.15) is 12.2 Å². The molecular formula is C19H21N3O7S. The molecule has 0 aliphatic heterocycles. The number of hydrogen-bond donors (Lipinski definition) is 2. The smallest absolute Gasteiger partial charge is 0.286 e. The maximum Gasteiger partial charge on any atom is 0.286 e. The number of nitrogens with two attached hydrogens (primary N) is 1. The van der Waals surface area contributed by atoms with Gasteiger partial charge < -0.3 is 25.3 Å². The highest BCUT2D eigenvalue weighted by molar-refractivity contribution is 8.00. The highest BCUT2D eigenvalue weighted by Gasteiger charge is 2.25. The predicted molar refractivity (Wildman–Crippen MR) is 111 cm³/mol. The van der Waals surface area contributed by atoms with Gasteiger partial charge in [0, 0.05) is 18.1 Å². The normalized spacial score (nSPS) is 10.3. The van der Waals surface area contributed by atoms with E-state index in [0.29, 0.717) is 10.6 Å². The van der Waals surface area contributed by atoms with Crippen LogP contribution in [0.1, 0.15) is 10.4 Å². The summed E-state index contributed by atoms with van der Waals surface area (Å²) in [6.45, 7) is 0.430. The van der Waals surface area contributed by atoms with Gasteiger partial charge in [-0.1, -0.05) is 12.1 Å². The van der Waals surface area contributed by atoms with Crippen LogP contribution in [-0.2, 0) is 9.53 Å². The SMILES string of the molecule is COCCOc1cc([N+](=O)[O-])c(C(=O)Nc2ccccc2SCC(N)=O)cc1OC. The van der Waals surface area contributed by atoms with Crippen molar-refractivity contribution in [1.29, 1.82) is 0 Å². The van der Waals surface area contributed by atoms with Gasteiger partial charge in [0.15, 0.2) is 11.5 Å².